The van der Waals surface area contributed by atoms with Gasteiger partial charge in [-0.2, -0.15) is 0 Å². The minimum Gasteiger partial charge on any atom is -0.395 e. The van der Waals surface area contributed by atoms with Crippen molar-refractivity contribution in [3.05, 3.63) is 73.8 Å². The van der Waals surface area contributed by atoms with Crippen molar-refractivity contribution in [2.24, 2.45) is 0 Å². The van der Waals surface area contributed by atoms with E-state index in [2.05, 4.69) is 4.90 Å². The number of hydrogen-bond donors (Lipinski definition) is 1. The van der Waals surface area contributed by atoms with Gasteiger partial charge in [0, 0.05) is 46.8 Å². The Bertz CT molecular complexity index is 1070. The van der Waals surface area contributed by atoms with Crippen molar-refractivity contribution in [1.82, 2.24) is 0 Å². The van der Waals surface area contributed by atoms with Crippen LogP contribution in [0.15, 0.2) is 47.4 Å². The van der Waals surface area contributed by atoms with Gasteiger partial charge in [-0.25, -0.2) is 0 Å². The molecule has 2 aromatic carbocycles. The van der Waals surface area contributed by atoms with E-state index in [-0.39, 0.29) is 18.0 Å². The Morgan fingerprint density at radius 1 is 1.07 bits per heavy atom. The van der Waals surface area contributed by atoms with Gasteiger partial charge >= 0.3 is 0 Å². The first-order chi connectivity index (χ1) is 13.7. The fourth-order valence-corrected chi connectivity index (χ4v) is 5.74. The van der Waals surface area contributed by atoms with Crippen molar-refractivity contribution in [2.75, 3.05) is 18.1 Å². The maximum Gasteiger partial charge on any atom is 0.270 e. The van der Waals surface area contributed by atoms with E-state index in [1.165, 1.54) is 12.1 Å². The number of fused-ring (bicyclic) bond motifs is 2. The minimum absolute atomic E-state index is 0.0265. The second kappa shape index (κ2) is 6.57. The molecule has 4 rings (SSSR count). The van der Waals surface area contributed by atoms with Gasteiger partial charge in [0.05, 0.1) is 16.5 Å². The molecular weight excluding hydrogens is 394 g/mol. The van der Waals surface area contributed by atoms with Crippen LogP contribution in [-0.4, -0.2) is 33.0 Å². The number of β-amino-alcohol motifs (C(OH)–C–C–N with tert-alkyl or cyclic N) is 1. The van der Waals surface area contributed by atoms with Crippen LogP contribution in [0.2, 0.25) is 0 Å². The van der Waals surface area contributed by atoms with Crippen molar-refractivity contribution in [1.29, 1.82) is 0 Å². The van der Waals surface area contributed by atoms with Crippen LogP contribution in [-0.2, 0) is 5.41 Å². The molecule has 1 N–H and O–H groups in total. The Kier molecular flexibility index (Phi) is 4.39. The molecule has 0 fully saturated rings. The Morgan fingerprint density at radius 2 is 1.72 bits per heavy atom. The van der Waals surface area contributed by atoms with Gasteiger partial charge in [0.15, 0.2) is 0 Å². The third kappa shape index (κ3) is 2.72. The molecule has 2 aliphatic rings. The van der Waals surface area contributed by atoms with Gasteiger partial charge in [0.1, 0.15) is 4.87 Å². The molecule has 0 saturated carbocycles. The number of aliphatic hydroxyl groups is 1. The van der Waals surface area contributed by atoms with Gasteiger partial charge in [-0.3, -0.25) is 20.2 Å². The molecule has 0 aromatic heterocycles. The van der Waals surface area contributed by atoms with Crippen LogP contribution < -0.4 is 4.90 Å². The highest BCUT2D eigenvalue weighted by atomic mass is 32.2. The average molecular weight is 413 g/mol. The summed E-state index contributed by atoms with van der Waals surface area (Å²) in [6.45, 7) is 4.34. The number of hydrogen-bond acceptors (Lipinski definition) is 7. The number of non-ortho nitro benzene ring substituents is 2. The van der Waals surface area contributed by atoms with Crippen LogP contribution in [0.4, 0.5) is 17.1 Å². The lowest BCUT2D eigenvalue weighted by molar-refractivity contribution is -0.385. The Labute approximate surface area is 171 Å². The summed E-state index contributed by atoms with van der Waals surface area (Å²) in [5.41, 5.74) is 1.97. The highest BCUT2D eigenvalue weighted by Crippen LogP contribution is 2.61. The summed E-state index contributed by atoms with van der Waals surface area (Å²) in [5.74, 6) is 0. The first kappa shape index (κ1) is 19.4. The van der Waals surface area contributed by atoms with Crippen LogP contribution >= 0.6 is 11.8 Å². The average Bonchev–Trinajstić information content (AvgIpc) is 2.86. The van der Waals surface area contributed by atoms with E-state index in [0.29, 0.717) is 6.54 Å². The summed E-state index contributed by atoms with van der Waals surface area (Å²) < 4.78 is 0. The molecule has 0 saturated heterocycles. The van der Waals surface area contributed by atoms with Crippen LogP contribution in [0, 0.1) is 20.2 Å². The van der Waals surface area contributed by atoms with E-state index in [9.17, 15) is 25.3 Å². The molecule has 0 amide bonds. The van der Waals surface area contributed by atoms with Gasteiger partial charge in [-0.15, -0.1) is 0 Å². The Balaban J connectivity index is 1.87. The maximum atomic E-state index is 11.3. The largest absolute Gasteiger partial charge is 0.395 e. The van der Waals surface area contributed by atoms with Crippen LogP contribution in [0.1, 0.15) is 25.0 Å². The highest BCUT2D eigenvalue weighted by molar-refractivity contribution is 8.01. The van der Waals surface area contributed by atoms with Crippen molar-refractivity contribution in [3.63, 3.8) is 0 Å². The van der Waals surface area contributed by atoms with E-state index in [0.717, 1.165) is 21.7 Å². The maximum absolute atomic E-state index is 11.3. The van der Waals surface area contributed by atoms with Gasteiger partial charge in [-0.05, 0) is 29.3 Å². The molecule has 8 nitrogen and oxygen atoms in total. The second-order valence-corrected chi connectivity index (χ2v) is 8.84. The molecule has 150 valence electrons. The van der Waals surface area contributed by atoms with Crippen molar-refractivity contribution in [2.45, 2.75) is 29.0 Å². The molecule has 0 bridgehead atoms. The molecule has 2 aromatic rings. The summed E-state index contributed by atoms with van der Waals surface area (Å²) in [4.78, 5) is 23.9. The number of benzene rings is 2. The first-order valence-electron chi connectivity index (χ1n) is 9.05. The summed E-state index contributed by atoms with van der Waals surface area (Å²) in [5, 5.41) is 32.1. The van der Waals surface area contributed by atoms with Crippen molar-refractivity contribution < 1.29 is 15.0 Å². The third-order valence-corrected chi connectivity index (χ3v) is 7.50. The lowest BCUT2D eigenvalue weighted by Gasteiger charge is -2.47. The molecular formula is C20H19N3O5S. The molecule has 2 heterocycles. The van der Waals surface area contributed by atoms with Crippen molar-refractivity contribution in [3.8, 4) is 0 Å². The SMILES string of the molecule is CC1(C)c2cc([N+](=O)[O-])ccc2N(CCO)[C@]12C=Cc1cc([N+](=O)[O-])ccc1S2. The van der Waals surface area contributed by atoms with E-state index < -0.39 is 20.1 Å². The van der Waals surface area contributed by atoms with E-state index in [4.69, 9.17) is 0 Å². The molecule has 1 spiro atoms. The van der Waals surface area contributed by atoms with Crippen LogP contribution in [0.25, 0.3) is 6.08 Å². The van der Waals surface area contributed by atoms with Crippen molar-refractivity contribution >= 4 is 34.9 Å². The standard InChI is InChI=1S/C20H19N3O5S/c1-19(2)16-12-15(23(27)28)3-5-17(16)21(9-10-24)20(19)8-7-13-11-14(22(25)26)4-6-18(13)29-20/h3-8,11-12,24H,9-10H2,1-2H3/t20-/m0/s1. The summed E-state index contributed by atoms with van der Waals surface area (Å²) in [6, 6.07) is 9.58. The zero-order valence-corrected chi connectivity index (χ0v) is 16.7. The molecule has 0 radical (unpaired) electrons. The molecule has 0 unspecified atom stereocenters. The fourth-order valence-electron chi connectivity index (χ4n) is 4.23. The smallest absolute Gasteiger partial charge is 0.270 e. The normalized spacial score (nSPS) is 21.1. The number of aliphatic hydroxyl groups excluding tert-OH is 1. The molecule has 0 aliphatic carbocycles. The lowest BCUT2D eigenvalue weighted by Crippen LogP contribution is -2.53. The van der Waals surface area contributed by atoms with Gasteiger partial charge < -0.3 is 10.0 Å². The van der Waals surface area contributed by atoms with E-state index in [1.54, 1.807) is 36.0 Å². The fraction of sp³-hybridized carbons (Fsp3) is 0.300. The molecule has 1 atom stereocenters. The molecule has 2 aliphatic heterocycles. The molecule has 9 heteroatoms. The topological polar surface area (TPSA) is 110 Å². The molecule has 29 heavy (non-hydrogen) atoms. The quantitative estimate of drug-likeness (QED) is 0.593. The zero-order valence-electron chi connectivity index (χ0n) is 15.9. The lowest BCUT2D eigenvalue weighted by atomic mass is 9.79. The predicted molar refractivity (Wildman–Crippen MR) is 111 cm³/mol. The number of nitro groups is 2. The van der Waals surface area contributed by atoms with Gasteiger partial charge in [0.25, 0.3) is 11.4 Å². The Hall–Kier alpha value is -2.91. The third-order valence-electron chi connectivity index (χ3n) is 5.73. The number of rotatable bonds is 4. The number of thioether (sulfide) groups is 1. The first-order valence-corrected chi connectivity index (χ1v) is 9.87. The summed E-state index contributed by atoms with van der Waals surface area (Å²) >= 11 is 1.55. The number of anilines is 1. The zero-order chi connectivity index (χ0) is 21.0. The number of nitrogens with zero attached hydrogens (tertiary/aromatic N) is 3. The highest BCUT2D eigenvalue weighted by Gasteiger charge is 2.57. The van der Waals surface area contributed by atoms with Crippen LogP contribution in [0.3, 0.4) is 0 Å². The second-order valence-electron chi connectivity index (χ2n) is 7.57. The van der Waals surface area contributed by atoms with Crippen LogP contribution in [0.5, 0.6) is 0 Å². The number of nitro benzene ring substituents is 2. The monoisotopic (exact) mass is 413 g/mol. The summed E-state index contributed by atoms with van der Waals surface area (Å²) in [6.07, 6.45) is 3.86. The summed E-state index contributed by atoms with van der Waals surface area (Å²) in [7, 11) is 0. The predicted octanol–water partition coefficient (Wildman–Crippen LogP) is 4.11. The van der Waals surface area contributed by atoms with E-state index in [1.807, 2.05) is 26.0 Å². The Morgan fingerprint density at radius 3 is 2.38 bits per heavy atom. The minimum atomic E-state index is -0.629. The van der Waals surface area contributed by atoms with E-state index >= 15 is 0 Å². The van der Waals surface area contributed by atoms with Gasteiger partial charge in [-0.1, -0.05) is 31.7 Å². The van der Waals surface area contributed by atoms with Gasteiger partial charge in [0.2, 0.25) is 0 Å².